The second kappa shape index (κ2) is 0.920. The van der Waals surface area contributed by atoms with Crippen molar-refractivity contribution >= 4 is 0 Å². The van der Waals surface area contributed by atoms with Crippen LogP contribution in [0.1, 0.15) is 12.8 Å². The third-order valence-corrected chi connectivity index (χ3v) is 1.67. The molecule has 1 aliphatic carbocycles. The van der Waals surface area contributed by atoms with Crippen LogP contribution in [0.15, 0.2) is 12.2 Å². The van der Waals surface area contributed by atoms with Crippen molar-refractivity contribution < 1.29 is 4.74 Å². The van der Waals surface area contributed by atoms with Crippen molar-refractivity contribution in [2.45, 2.75) is 25.0 Å². The van der Waals surface area contributed by atoms with Crippen molar-refractivity contribution in [3.63, 3.8) is 0 Å². The Hall–Kier alpha value is -0.300. The molecule has 0 aromatic heterocycles. The van der Waals surface area contributed by atoms with Crippen LogP contribution in [-0.4, -0.2) is 12.2 Å². The minimum atomic E-state index is 0.590. The lowest BCUT2D eigenvalue weighted by Crippen LogP contribution is -1.77. The molecule has 1 saturated heterocycles. The van der Waals surface area contributed by atoms with E-state index in [0.717, 1.165) is 12.8 Å². The summed E-state index contributed by atoms with van der Waals surface area (Å²) in [4.78, 5) is 0. The van der Waals surface area contributed by atoms with Gasteiger partial charge < -0.3 is 4.74 Å². The molecule has 0 N–H and O–H groups in total. The normalized spacial score (nSPS) is 46.6. The summed E-state index contributed by atoms with van der Waals surface area (Å²) in [7, 11) is 0. The smallest absolute Gasteiger partial charge is 0.0882 e. The van der Waals surface area contributed by atoms with Crippen LogP contribution in [0.25, 0.3) is 0 Å². The second-order valence-corrected chi connectivity index (χ2v) is 2.37. The topological polar surface area (TPSA) is 12.5 Å². The third-order valence-electron chi connectivity index (χ3n) is 1.67. The monoisotopic (exact) mass is 96.1 g/mol. The molecule has 38 valence electrons. The molecule has 1 heterocycles. The fraction of sp³-hybridized carbons (Fsp3) is 0.667. The van der Waals surface area contributed by atoms with E-state index >= 15 is 0 Å². The Morgan fingerprint density at radius 1 is 1.43 bits per heavy atom. The molecular weight excluding hydrogens is 88.1 g/mol. The highest BCUT2D eigenvalue weighted by Crippen LogP contribution is 2.40. The predicted molar refractivity (Wildman–Crippen MR) is 27.0 cm³/mol. The van der Waals surface area contributed by atoms with Gasteiger partial charge in [-0.3, -0.25) is 0 Å². The fourth-order valence-electron chi connectivity index (χ4n) is 1.19. The summed E-state index contributed by atoms with van der Waals surface area (Å²) < 4.78 is 5.16. The van der Waals surface area contributed by atoms with E-state index in [1.807, 2.05) is 0 Å². The van der Waals surface area contributed by atoms with Gasteiger partial charge in [0.2, 0.25) is 0 Å². The van der Waals surface area contributed by atoms with Gasteiger partial charge in [0.15, 0.2) is 0 Å². The Balaban J connectivity index is 2.14. The van der Waals surface area contributed by atoms with Crippen molar-refractivity contribution in [2.24, 2.45) is 0 Å². The summed E-state index contributed by atoms with van der Waals surface area (Å²) in [5.74, 6) is 0. The lowest BCUT2D eigenvalue weighted by Gasteiger charge is -1.89. The van der Waals surface area contributed by atoms with Gasteiger partial charge in [-0.2, -0.15) is 0 Å². The zero-order valence-corrected chi connectivity index (χ0v) is 4.18. The molecule has 2 unspecified atom stereocenters. The molecule has 1 aliphatic heterocycles. The molecule has 0 amide bonds. The summed E-state index contributed by atoms with van der Waals surface area (Å²) in [5.41, 5.74) is 1.38. The van der Waals surface area contributed by atoms with Gasteiger partial charge in [-0.05, 0) is 12.8 Å². The van der Waals surface area contributed by atoms with Crippen molar-refractivity contribution in [3.05, 3.63) is 12.2 Å². The molecule has 2 atom stereocenters. The van der Waals surface area contributed by atoms with Crippen LogP contribution in [0.5, 0.6) is 0 Å². The molecule has 2 fully saturated rings. The SMILES string of the molecule is C=C1CC2OC2C1. The first-order chi connectivity index (χ1) is 3.36. The molecule has 0 bridgehead atoms. The van der Waals surface area contributed by atoms with Crippen LogP contribution in [0.3, 0.4) is 0 Å². The lowest BCUT2D eigenvalue weighted by atomic mass is 10.2. The summed E-state index contributed by atoms with van der Waals surface area (Å²) >= 11 is 0. The average molecular weight is 96.1 g/mol. The standard InChI is InChI=1S/C6H8O/c1-4-2-5-6(3-4)7-5/h5-6H,1-3H2. The van der Waals surface area contributed by atoms with E-state index < -0.39 is 0 Å². The number of epoxide rings is 1. The number of fused-ring (bicyclic) bond motifs is 1. The lowest BCUT2D eigenvalue weighted by molar-refractivity contribution is 0.348. The molecule has 1 saturated carbocycles. The Kier molecular flexibility index (Phi) is 0.482. The predicted octanol–water partition coefficient (Wildman–Crippen LogP) is 1.10. The highest BCUT2D eigenvalue weighted by molar-refractivity contribution is 5.14. The van der Waals surface area contributed by atoms with Crippen LogP contribution in [0.2, 0.25) is 0 Å². The Morgan fingerprint density at radius 2 is 2.00 bits per heavy atom. The molecule has 1 nitrogen and oxygen atoms in total. The third kappa shape index (κ3) is 0.416. The highest BCUT2D eigenvalue weighted by atomic mass is 16.6. The molecule has 2 aliphatic rings. The first kappa shape index (κ1) is 3.67. The van der Waals surface area contributed by atoms with Crippen LogP contribution in [0.4, 0.5) is 0 Å². The minimum Gasteiger partial charge on any atom is -0.369 e. The van der Waals surface area contributed by atoms with Crippen LogP contribution >= 0.6 is 0 Å². The number of rotatable bonds is 0. The van der Waals surface area contributed by atoms with Gasteiger partial charge in [0.1, 0.15) is 0 Å². The van der Waals surface area contributed by atoms with Crippen molar-refractivity contribution in [2.75, 3.05) is 0 Å². The van der Waals surface area contributed by atoms with Crippen LogP contribution in [-0.2, 0) is 4.74 Å². The number of hydrogen-bond donors (Lipinski definition) is 0. The van der Waals surface area contributed by atoms with Crippen LogP contribution < -0.4 is 0 Å². The van der Waals surface area contributed by atoms with Gasteiger partial charge >= 0.3 is 0 Å². The molecule has 0 aromatic carbocycles. The maximum atomic E-state index is 5.16. The average Bonchev–Trinajstić information content (AvgIpc) is 2.15. The first-order valence-electron chi connectivity index (χ1n) is 2.68. The summed E-state index contributed by atoms with van der Waals surface area (Å²) in [6.07, 6.45) is 3.44. The summed E-state index contributed by atoms with van der Waals surface area (Å²) in [6, 6.07) is 0. The van der Waals surface area contributed by atoms with E-state index in [1.165, 1.54) is 5.57 Å². The van der Waals surface area contributed by atoms with Gasteiger partial charge in [0.05, 0.1) is 12.2 Å². The Morgan fingerprint density at radius 3 is 2.29 bits per heavy atom. The van der Waals surface area contributed by atoms with Crippen molar-refractivity contribution in [3.8, 4) is 0 Å². The van der Waals surface area contributed by atoms with E-state index in [9.17, 15) is 0 Å². The minimum absolute atomic E-state index is 0.590. The van der Waals surface area contributed by atoms with Gasteiger partial charge in [0, 0.05) is 0 Å². The largest absolute Gasteiger partial charge is 0.369 e. The molecule has 7 heavy (non-hydrogen) atoms. The van der Waals surface area contributed by atoms with Gasteiger partial charge in [-0.25, -0.2) is 0 Å². The molecule has 1 heteroatoms. The van der Waals surface area contributed by atoms with E-state index in [4.69, 9.17) is 4.74 Å². The Labute approximate surface area is 43.0 Å². The quantitative estimate of drug-likeness (QED) is 0.325. The molecular formula is C6H8O. The van der Waals surface area contributed by atoms with E-state index in [0.29, 0.717) is 12.2 Å². The van der Waals surface area contributed by atoms with Crippen molar-refractivity contribution in [1.82, 2.24) is 0 Å². The maximum absolute atomic E-state index is 5.16. The van der Waals surface area contributed by atoms with Gasteiger partial charge in [-0.15, -0.1) is 0 Å². The van der Waals surface area contributed by atoms with Gasteiger partial charge in [0.25, 0.3) is 0 Å². The zero-order chi connectivity index (χ0) is 4.85. The Bertz CT molecular complexity index is 105. The molecule has 0 aromatic rings. The fourth-order valence-corrected chi connectivity index (χ4v) is 1.19. The maximum Gasteiger partial charge on any atom is 0.0882 e. The van der Waals surface area contributed by atoms with E-state index in [-0.39, 0.29) is 0 Å². The summed E-state index contributed by atoms with van der Waals surface area (Å²) in [5, 5.41) is 0. The van der Waals surface area contributed by atoms with Crippen molar-refractivity contribution in [1.29, 1.82) is 0 Å². The van der Waals surface area contributed by atoms with E-state index in [2.05, 4.69) is 6.58 Å². The zero-order valence-electron chi connectivity index (χ0n) is 4.18. The molecule has 0 radical (unpaired) electrons. The molecule has 0 spiro atoms. The van der Waals surface area contributed by atoms with Crippen LogP contribution in [0, 0.1) is 0 Å². The number of ether oxygens (including phenoxy) is 1. The highest BCUT2D eigenvalue weighted by Gasteiger charge is 2.44. The second-order valence-electron chi connectivity index (χ2n) is 2.37. The van der Waals surface area contributed by atoms with Gasteiger partial charge in [-0.1, -0.05) is 12.2 Å². The van der Waals surface area contributed by atoms with E-state index in [1.54, 1.807) is 0 Å². The first-order valence-corrected chi connectivity index (χ1v) is 2.68. The molecule has 2 rings (SSSR count). The summed E-state index contributed by atoms with van der Waals surface area (Å²) in [6.45, 7) is 3.86. The number of hydrogen-bond acceptors (Lipinski definition) is 1.